The SMILES string of the molecule is O=C1CCCC(=N[C@H]2CCCC[C@H]2O)C1. The molecule has 0 amide bonds. The van der Waals surface area contributed by atoms with Gasteiger partial charge in [0.05, 0.1) is 12.1 Å². The lowest BCUT2D eigenvalue weighted by Crippen LogP contribution is -2.30. The summed E-state index contributed by atoms with van der Waals surface area (Å²) in [5, 5.41) is 9.77. The fraction of sp³-hybridized carbons (Fsp3) is 0.833. The van der Waals surface area contributed by atoms with Gasteiger partial charge >= 0.3 is 0 Å². The van der Waals surface area contributed by atoms with Gasteiger partial charge in [-0.2, -0.15) is 0 Å². The first kappa shape index (κ1) is 10.8. The van der Waals surface area contributed by atoms with Crippen LogP contribution in [0.1, 0.15) is 51.4 Å². The minimum atomic E-state index is -0.275. The minimum Gasteiger partial charge on any atom is -0.391 e. The van der Waals surface area contributed by atoms with Crippen molar-refractivity contribution in [2.75, 3.05) is 0 Å². The number of nitrogens with zero attached hydrogens (tertiary/aromatic N) is 1. The van der Waals surface area contributed by atoms with E-state index in [0.29, 0.717) is 18.6 Å². The lowest BCUT2D eigenvalue weighted by atomic mass is 9.91. The molecule has 84 valence electrons. The Morgan fingerprint density at radius 1 is 1.13 bits per heavy atom. The fourth-order valence-electron chi connectivity index (χ4n) is 2.48. The molecule has 0 spiro atoms. The quantitative estimate of drug-likeness (QED) is 0.716. The molecule has 2 rings (SSSR count). The number of aliphatic hydroxyl groups excluding tert-OH is 1. The number of rotatable bonds is 1. The van der Waals surface area contributed by atoms with Crippen LogP contribution in [0.3, 0.4) is 0 Å². The normalized spacial score (nSPS) is 35.8. The molecule has 2 aliphatic carbocycles. The molecule has 2 fully saturated rings. The van der Waals surface area contributed by atoms with Gasteiger partial charge in [-0.05, 0) is 25.7 Å². The predicted octanol–water partition coefficient (Wildman–Crippen LogP) is 1.87. The van der Waals surface area contributed by atoms with E-state index in [-0.39, 0.29) is 12.1 Å². The molecule has 1 N–H and O–H groups in total. The van der Waals surface area contributed by atoms with Crippen molar-refractivity contribution in [1.29, 1.82) is 0 Å². The first-order valence-electron chi connectivity index (χ1n) is 6.01. The Hall–Kier alpha value is -0.700. The third-order valence-corrected chi connectivity index (χ3v) is 3.36. The molecule has 2 aliphatic rings. The Labute approximate surface area is 90.6 Å². The summed E-state index contributed by atoms with van der Waals surface area (Å²) < 4.78 is 0. The first-order chi connectivity index (χ1) is 7.25. The molecule has 0 saturated heterocycles. The molecule has 3 nitrogen and oxygen atoms in total. The van der Waals surface area contributed by atoms with Gasteiger partial charge in [0.15, 0.2) is 0 Å². The van der Waals surface area contributed by atoms with Gasteiger partial charge in [0.1, 0.15) is 5.78 Å². The van der Waals surface area contributed by atoms with Gasteiger partial charge in [0.2, 0.25) is 0 Å². The molecule has 15 heavy (non-hydrogen) atoms. The molecule has 3 heteroatoms. The van der Waals surface area contributed by atoms with Gasteiger partial charge in [-0.15, -0.1) is 0 Å². The maximum atomic E-state index is 11.3. The van der Waals surface area contributed by atoms with Crippen molar-refractivity contribution in [3.63, 3.8) is 0 Å². The minimum absolute atomic E-state index is 0.0691. The van der Waals surface area contributed by atoms with Crippen molar-refractivity contribution in [3.8, 4) is 0 Å². The predicted molar refractivity (Wildman–Crippen MR) is 59.2 cm³/mol. The van der Waals surface area contributed by atoms with E-state index in [9.17, 15) is 9.90 Å². The molecule has 2 saturated carbocycles. The van der Waals surface area contributed by atoms with Crippen molar-refractivity contribution < 1.29 is 9.90 Å². The highest BCUT2D eigenvalue weighted by atomic mass is 16.3. The van der Waals surface area contributed by atoms with Crippen molar-refractivity contribution >= 4 is 11.5 Å². The lowest BCUT2D eigenvalue weighted by molar-refractivity contribution is -0.118. The van der Waals surface area contributed by atoms with E-state index in [4.69, 9.17) is 0 Å². The number of hydrogen-bond acceptors (Lipinski definition) is 3. The van der Waals surface area contributed by atoms with E-state index in [0.717, 1.165) is 44.2 Å². The zero-order valence-electron chi connectivity index (χ0n) is 9.11. The Morgan fingerprint density at radius 3 is 2.67 bits per heavy atom. The molecule has 0 aromatic carbocycles. The third kappa shape index (κ3) is 2.88. The number of hydrogen-bond donors (Lipinski definition) is 1. The van der Waals surface area contributed by atoms with E-state index >= 15 is 0 Å². The van der Waals surface area contributed by atoms with Crippen LogP contribution in [0.2, 0.25) is 0 Å². The van der Waals surface area contributed by atoms with Crippen molar-refractivity contribution in [3.05, 3.63) is 0 Å². The molecule has 0 aliphatic heterocycles. The van der Waals surface area contributed by atoms with Crippen LogP contribution in [0.5, 0.6) is 0 Å². The van der Waals surface area contributed by atoms with Gasteiger partial charge in [0.25, 0.3) is 0 Å². The van der Waals surface area contributed by atoms with E-state index in [1.54, 1.807) is 0 Å². The zero-order chi connectivity index (χ0) is 10.7. The number of aliphatic hydroxyl groups is 1. The number of carbonyl (C=O) groups excluding carboxylic acids is 1. The average molecular weight is 209 g/mol. The van der Waals surface area contributed by atoms with Gasteiger partial charge in [0, 0.05) is 18.6 Å². The molecular weight excluding hydrogens is 190 g/mol. The second-order valence-electron chi connectivity index (χ2n) is 4.68. The topological polar surface area (TPSA) is 49.7 Å². The smallest absolute Gasteiger partial charge is 0.138 e. The number of ketones is 1. The van der Waals surface area contributed by atoms with Crippen LogP contribution in [-0.4, -0.2) is 28.7 Å². The van der Waals surface area contributed by atoms with Gasteiger partial charge < -0.3 is 5.11 Å². The Balaban J connectivity index is 1.97. The van der Waals surface area contributed by atoms with Crippen LogP contribution in [0.15, 0.2) is 4.99 Å². The number of Topliss-reactive ketones (excluding diaryl/α,β-unsaturated/α-hetero) is 1. The second-order valence-corrected chi connectivity index (χ2v) is 4.68. The third-order valence-electron chi connectivity index (χ3n) is 3.36. The monoisotopic (exact) mass is 209 g/mol. The molecule has 0 aromatic rings. The molecular formula is C12H19NO2. The standard InChI is InChI=1S/C12H19NO2/c14-10-5-3-4-9(8-10)13-11-6-1-2-7-12(11)15/h11-12,15H,1-8H2/t11-,12+/m0/s1. The fourth-order valence-corrected chi connectivity index (χ4v) is 2.48. The maximum absolute atomic E-state index is 11.3. The highest BCUT2D eigenvalue weighted by Gasteiger charge is 2.24. The largest absolute Gasteiger partial charge is 0.391 e. The maximum Gasteiger partial charge on any atom is 0.138 e. The number of aliphatic imine (C=N–C) groups is 1. The van der Waals surface area contributed by atoms with Crippen LogP contribution in [-0.2, 0) is 4.79 Å². The Bertz CT molecular complexity index is 273. The summed E-state index contributed by atoms with van der Waals surface area (Å²) in [6, 6.07) is 0.0691. The average Bonchev–Trinajstić information content (AvgIpc) is 2.22. The van der Waals surface area contributed by atoms with Gasteiger partial charge in [-0.1, -0.05) is 12.8 Å². The Morgan fingerprint density at radius 2 is 1.93 bits per heavy atom. The Kier molecular flexibility index (Phi) is 3.52. The summed E-state index contributed by atoms with van der Waals surface area (Å²) in [6.45, 7) is 0. The molecule has 0 heterocycles. The molecule has 0 radical (unpaired) electrons. The molecule has 0 unspecified atom stereocenters. The van der Waals surface area contributed by atoms with Crippen molar-refractivity contribution in [1.82, 2.24) is 0 Å². The van der Waals surface area contributed by atoms with Crippen LogP contribution in [0.4, 0.5) is 0 Å². The second kappa shape index (κ2) is 4.88. The molecule has 0 aromatic heterocycles. The summed E-state index contributed by atoms with van der Waals surface area (Å²) in [5.41, 5.74) is 1.03. The van der Waals surface area contributed by atoms with Crippen LogP contribution in [0.25, 0.3) is 0 Å². The highest BCUT2D eigenvalue weighted by molar-refractivity contribution is 6.04. The summed E-state index contributed by atoms with van der Waals surface area (Å²) >= 11 is 0. The summed E-state index contributed by atoms with van der Waals surface area (Å²) in [4.78, 5) is 15.8. The summed E-state index contributed by atoms with van der Waals surface area (Å²) in [7, 11) is 0. The summed E-state index contributed by atoms with van der Waals surface area (Å²) in [5.74, 6) is 0.310. The number of carbonyl (C=O) groups is 1. The molecule has 2 atom stereocenters. The lowest BCUT2D eigenvalue weighted by Gasteiger charge is -2.26. The summed E-state index contributed by atoms with van der Waals surface area (Å²) in [6.07, 6.45) is 7.00. The van der Waals surface area contributed by atoms with Gasteiger partial charge in [-0.25, -0.2) is 0 Å². The van der Waals surface area contributed by atoms with Gasteiger partial charge in [-0.3, -0.25) is 9.79 Å². The van der Waals surface area contributed by atoms with Crippen molar-refractivity contribution in [2.24, 2.45) is 4.99 Å². The first-order valence-corrected chi connectivity index (χ1v) is 6.01. The zero-order valence-corrected chi connectivity index (χ0v) is 9.11. The van der Waals surface area contributed by atoms with E-state index < -0.39 is 0 Å². The van der Waals surface area contributed by atoms with E-state index in [1.165, 1.54) is 0 Å². The van der Waals surface area contributed by atoms with E-state index in [2.05, 4.69) is 4.99 Å². The van der Waals surface area contributed by atoms with Crippen molar-refractivity contribution in [2.45, 2.75) is 63.5 Å². The highest BCUT2D eigenvalue weighted by Crippen LogP contribution is 2.23. The molecule has 0 bridgehead atoms. The van der Waals surface area contributed by atoms with Crippen LogP contribution in [0, 0.1) is 0 Å². The van der Waals surface area contributed by atoms with Crippen LogP contribution < -0.4 is 0 Å². The van der Waals surface area contributed by atoms with E-state index in [1.807, 2.05) is 0 Å². The van der Waals surface area contributed by atoms with Crippen LogP contribution >= 0.6 is 0 Å².